The lowest BCUT2D eigenvalue weighted by Gasteiger charge is -2.24. The SMILES string of the molecule is O=C(Nc1nc2ccccc2[nH]1)[C@H]1COc2ccccc2C1. The Labute approximate surface area is 127 Å². The van der Waals surface area contributed by atoms with Crippen LogP contribution < -0.4 is 10.1 Å². The summed E-state index contributed by atoms with van der Waals surface area (Å²) in [6, 6.07) is 15.5. The van der Waals surface area contributed by atoms with Crippen LogP contribution in [0.4, 0.5) is 5.95 Å². The number of amides is 1. The topological polar surface area (TPSA) is 67.0 Å². The fourth-order valence-electron chi connectivity index (χ4n) is 2.73. The molecule has 1 aromatic heterocycles. The number of hydrogen-bond donors (Lipinski definition) is 2. The van der Waals surface area contributed by atoms with Crippen molar-refractivity contribution in [2.75, 3.05) is 11.9 Å². The first-order valence-electron chi connectivity index (χ1n) is 7.26. The maximum Gasteiger partial charge on any atom is 0.233 e. The number of nitrogens with one attached hydrogen (secondary N) is 2. The summed E-state index contributed by atoms with van der Waals surface area (Å²) in [5.74, 6) is 1.07. The molecule has 1 amide bonds. The van der Waals surface area contributed by atoms with Crippen LogP contribution in [0.25, 0.3) is 11.0 Å². The van der Waals surface area contributed by atoms with Gasteiger partial charge in [-0.2, -0.15) is 0 Å². The van der Waals surface area contributed by atoms with Gasteiger partial charge in [-0.15, -0.1) is 0 Å². The summed E-state index contributed by atoms with van der Waals surface area (Å²) in [7, 11) is 0. The van der Waals surface area contributed by atoms with Crippen molar-refractivity contribution in [3.8, 4) is 5.75 Å². The number of aromatic nitrogens is 2. The Balaban J connectivity index is 1.51. The monoisotopic (exact) mass is 293 g/mol. The fourth-order valence-corrected chi connectivity index (χ4v) is 2.73. The zero-order valence-corrected chi connectivity index (χ0v) is 11.9. The summed E-state index contributed by atoms with van der Waals surface area (Å²) in [4.78, 5) is 19.9. The van der Waals surface area contributed by atoms with Gasteiger partial charge in [0.1, 0.15) is 12.4 Å². The zero-order chi connectivity index (χ0) is 14.9. The van der Waals surface area contributed by atoms with Gasteiger partial charge in [-0.25, -0.2) is 4.98 Å². The molecule has 0 spiro atoms. The van der Waals surface area contributed by atoms with Crippen LogP contribution >= 0.6 is 0 Å². The molecule has 5 nitrogen and oxygen atoms in total. The largest absolute Gasteiger partial charge is 0.492 e. The fraction of sp³-hybridized carbons (Fsp3) is 0.176. The van der Waals surface area contributed by atoms with E-state index in [4.69, 9.17) is 4.74 Å². The van der Waals surface area contributed by atoms with Gasteiger partial charge in [0, 0.05) is 0 Å². The molecule has 0 radical (unpaired) electrons. The summed E-state index contributed by atoms with van der Waals surface area (Å²) in [6.45, 7) is 0.392. The average molecular weight is 293 g/mol. The molecule has 5 heteroatoms. The number of ether oxygens (including phenoxy) is 1. The standard InChI is InChI=1S/C17H15N3O2/c21-16(12-9-11-5-1-4-8-15(11)22-10-12)20-17-18-13-6-2-3-7-14(13)19-17/h1-8,12H,9-10H2,(H2,18,19,20,21)/t12-/m1/s1. The highest BCUT2D eigenvalue weighted by molar-refractivity contribution is 5.93. The molecule has 4 rings (SSSR count). The molecule has 3 aromatic rings. The van der Waals surface area contributed by atoms with Crippen LogP contribution in [-0.2, 0) is 11.2 Å². The molecule has 0 unspecified atom stereocenters. The highest BCUT2D eigenvalue weighted by Crippen LogP contribution is 2.27. The molecule has 1 aliphatic rings. The highest BCUT2D eigenvalue weighted by Gasteiger charge is 2.26. The van der Waals surface area contributed by atoms with Gasteiger partial charge in [-0.1, -0.05) is 30.3 Å². The summed E-state index contributed by atoms with van der Waals surface area (Å²) in [5, 5.41) is 2.85. The van der Waals surface area contributed by atoms with Crippen molar-refractivity contribution in [3.05, 3.63) is 54.1 Å². The number of aromatic amines is 1. The molecular weight excluding hydrogens is 278 g/mol. The number of H-pyrrole nitrogens is 1. The molecule has 2 aromatic carbocycles. The maximum absolute atomic E-state index is 12.4. The van der Waals surface area contributed by atoms with Crippen LogP contribution in [-0.4, -0.2) is 22.5 Å². The van der Waals surface area contributed by atoms with E-state index in [1.54, 1.807) is 0 Å². The van der Waals surface area contributed by atoms with Gasteiger partial charge in [0.2, 0.25) is 11.9 Å². The molecule has 1 aliphatic heterocycles. The zero-order valence-electron chi connectivity index (χ0n) is 11.9. The van der Waals surface area contributed by atoms with Crippen molar-refractivity contribution < 1.29 is 9.53 Å². The second kappa shape index (κ2) is 5.18. The van der Waals surface area contributed by atoms with Crippen molar-refractivity contribution in [2.45, 2.75) is 6.42 Å². The van der Waals surface area contributed by atoms with Crippen LogP contribution in [0.1, 0.15) is 5.56 Å². The van der Waals surface area contributed by atoms with Gasteiger partial charge in [0.15, 0.2) is 0 Å². The van der Waals surface area contributed by atoms with Crippen LogP contribution in [0.2, 0.25) is 0 Å². The number of anilines is 1. The Morgan fingerprint density at radius 2 is 2.00 bits per heavy atom. The van der Waals surface area contributed by atoms with Crippen LogP contribution in [0.5, 0.6) is 5.75 Å². The Hall–Kier alpha value is -2.82. The van der Waals surface area contributed by atoms with Crippen LogP contribution in [0.15, 0.2) is 48.5 Å². The molecule has 0 saturated heterocycles. The third-order valence-electron chi connectivity index (χ3n) is 3.88. The molecule has 0 fully saturated rings. The van der Waals surface area contributed by atoms with Crippen molar-refractivity contribution in [1.29, 1.82) is 0 Å². The lowest BCUT2D eigenvalue weighted by molar-refractivity contribution is -0.121. The molecule has 110 valence electrons. The number of nitrogens with zero attached hydrogens (tertiary/aromatic N) is 1. The van der Waals surface area contributed by atoms with E-state index in [1.165, 1.54) is 0 Å². The normalized spacial score (nSPS) is 16.8. The third kappa shape index (κ3) is 2.30. The van der Waals surface area contributed by atoms with Gasteiger partial charge < -0.3 is 9.72 Å². The number of carbonyl (C=O) groups is 1. The van der Waals surface area contributed by atoms with Crippen LogP contribution in [0, 0.1) is 5.92 Å². The number of imidazole rings is 1. The maximum atomic E-state index is 12.4. The van der Waals surface area contributed by atoms with E-state index >= 15 is 0 Å². The van der Waals surface area contributed by atoms with Crippen molar-refractivity contribution in [1.82, 2.24) is 9.97 Å². The lowest BCUT2D eigenvalue weighted by atomic mass is 9.96. The molecule has 0 saturated carbocycles. The number of hydrogen-bond acceptors (Lipinski definition) is 3. The third-order valence-corrected chi connectivity index (χ3v) is 3.88. The number of benzene rings is 2. The minimum absolute atomic E-state index is 0.0754. The summed E-state index contributed by atoms with van der Waals surface area (Å²) < 4.78 is 5.66. The van der Waals surface area contributed by atoms with E-state index in [1.807, 2.05) is 48.5 Å². The van der Waals surface area contributed by atoms with E-state index in [9.17, 15) is 4.79 Å². The first-order chi connectivity index (χ1) is 10.8. The summed E-state index contributed by atoms with van der Waals surface area (Å²) in [5.41, 5.74) is 2.81. The van der Waals surface area contributed by atoms with E-state index in [0.29, 0.717) is 19.0 Å². The number of carbonyl (C=O) groups excluding carboxylic acids is 1. The smallest absolute Gasteiger partial charge is 0.233 e. The van der Waals surface area contributed by atoms with E-state index in [0.717, 1.165) is 22.3 Å². The van der Waals surface area contributed by atoms with Crippen LogP contribution in [0.3, 0.4) is 0 Å². The minimum Gasteiger partial charge on any atom is -0.492 e. The molecule has 1 atom stereocenters. The molecule has 2 N–H and O–H groups in total. The Bertz CT molecular complexity index is 808. The predicted molar refractivity (Wildman–Crippen MR) is 83.9 cm³/mol. The van der Waals surface area contributed by atoms with Gasteiger partial charge in [0.25, 0.3) is 0 Å². The van der Waals surface area contributed by atoms with Crippen molar-refractivity contribution in [3.63, 3.8) is 0 Å². The highest BCUT2D eigenvalue weighted by atomic mass is 16.5. The van der Waals surface area contributed by atoms with E-state index < -0.39 is 0 Å². The average Bonchev–Trinajstić information content (AvgIpc) is 2.96. The van der Waals surface area contributed by atoms with Crippen molar-refractivity contribution in [2.24, 2.45) is 5.92 Å². The molecular formula is C17H15N3O2. The second-order valence-corrected chi connectivity index (χ2v) is 5.41. The molecule has 0 aliphatic carbocycles. The van der Waals surface area contributed by atoms with Gasteiger partial charge >= 0.3 is 0 Å². The first-order valence-corrected chi connectivity index (χ1v) is 7.26. The van der Waals surface area contributed by atoms with Gasteiger partial charge in [0.05, 0.1) is 17.0 Å². The Morgan fingerprint density at radius 1 is 1.18 bits per heavy atom. The van der Waals surface area contributed by atoms with E-state index in [-0.39, 0.29) is 11.8 Å². The molecule has 2 heterocycles. The van der Waals surface area contributed by atoms with Gasteiger partial charge in [-0.05, 0) is 30.2 Å². The second-order valence-electron chi connectivity index (χ2n) is 5.41. The van der Waals surface area contributed by atoms with Gasteiger partial charge in [-0.3, -0.25) is 10.1 Å². The van der Waals surface area contributed by atoms with E-state index in [2.05, 4.69) is 15.3 Å². The Morgan fingerprint density at radius 3 is 2.91 bits per heavy atom. The lowest BCUT2D eigenvalue weighted by Crippen LogP contribution is -2.32. The molecule has 0 bridgehead atoms. The molecule has 22 heavy (non-hydrogen) atoms. The first kappa shape index (κ1) is 12.9. The minimum atomic E-state index is -0.205. The summed E-state index contributed by atoms with van der Waals surface area (Å²) in [6.07, 6.45) is 0.683. The van der Waals surface area contributed by atoms with Crippen molar-refractivity contribution >= 4 is 22.9 Å². The Kier molecular flexibility index (Phi) is 3.04. The number of para-hydroxylation sites is 3. The quantitative estimate of drug-likeness (QED) is 0.763. The number of rotatable bonds is 2. The number of fused-ring (bicyclic) bond motifs is 2. The summed E-state index contributed by atoms with van der Waals surface area (Å²) >= 11 is 0. The predicted octanol–water partition coefficient (Wildman–Crippen LogP) is 2.75.